The van der Waals surface area contributed by atoms with Gasteiger partial charge in [0.05, 0.1) is 0 Å². The lowest BCUT2D eigenvalue weighted by Gasteiger charge is -2.44. The number of nitrogens with zero attached hydrogens (tertiary/aromatic N) is 1. The van der Waals surface area contributed by atoms with E-state index in [-0.39, 0.29) is 0 Å². The molecule has 2 unspecified atom stereocenters. The van der Waals surface area contributed by atoms with Gasteiger partial charge in [0.2, 0.25) is 0 Å². The first-order valence-corrected chi connectivity index (χ1v) is 9.31. The van der Waals surface area contributed by atoms with Crippen LogP contribution < -0.4 is 5.32 Å². The molecule has 0 amide bonds. The molecule has 0 aromatic heterocycles. The van der Waals surface area contributed by atoms with Crippen LogP contribution in [0.25, 0.3) is 0 Å². The summed E-state index contributed by atoms with van der Waals surface area (Å²) in [6.07, 6.45) is 12.4. The molecule has 3 nitrogen and oxygen atoms in total. The maximum Gasteiger partial charge on any atom is 0.0462 e. The maximum absolute atomic E-state index is 5.15. The van der Waals surface area contributed by atoms with Gasteiger partial charge in [0.15, 0.2) is 0 Å². The lowest BCUT2D eigenvalue weighted by atomic mass is 9.82. The Hall–Kier alpha value is -0.120. The SMILES string of the molecule is CCC1CNC(C2CCCCC2)CN1CCCCCOC. The number of piperazine rings is 1. The number of hydrogen-bond donors (Lipinski definition) is 1. The Labute approximate surface area is 131 Å². The third-order valence-electron chi connectivity index (χ3n) is 5.55. The molecule has 2 atom stereocenters. The quantitative estimate of drug-likeness (QED) is 0.695. The topological polar surface area (TPSA) is 24.5 Å². The second-order valence-corrected chi connectivity index (χ2v) is 7.02. The van der Waals surface area contributed by atoms with E-state index in [0.717, 1.165) is 24.6 Å². The summed E-state index contributed by atoms with van der Waals surface area (Å²) in [5.74, 6) is 0.938. The van der Waals surface area contributed by atoms with Crippen LogP contribution in [0.3, 0.4) is 0 Å². The Balaban J connectivity index is 1.75. The highest BCUT2D eigenvalue weighted by atomic mass is 16.5. The van der Waals surface area contributed by atoms with Crippen LogP contribution in [0.1, 0.15) is 64.7 Å². The van der Waals surface area contributed by atoms with Crippen molar-refractivity contribution in [1.82, 2.24) is 10.2 Å². The van der Waals surface area contributed by atoms with Crippen molar-refractivity contribution in [3.05, 3.63) is 0 Å². The first-order chi connectivity index (χ1) is 10.3. The normalized spacial score (nSPS) is 28.9. The van der Waals surface area contributed by atoms with Crippen LogP contribution in [0.5, 0.6) is 0 Å². The Morgan fingerprint density at radius 2 is 1.90 bits per heavy atom. The van der Waals surface area contributed by atoms with Gasteiger partial charge in [-0.05, 0) is 51.0 Å². The van der Waals surface area contributed by atoms with E-state index in [1.54, 1.807) is 7.11 Å². The molecule has 1 heterocycles. The number of unbranched alkanes of at least 4 members (excludes halogenated alkanes) is 2. The standard InChI is InChI=1S/C18H36N2O/c1-3-17-14-19-18(16-10-6-4-7-11-16)15-20(17)12-8-5-9-13-21-2/h16-19H,3-15H2,1-2H3. The predicted octanol–water partition coefficient (Wildman–Crippen LogP) is 3.44. The third-order valence-corrected chi connectivity index (χ3v) is 5.55. The molecule has 0 spiro atoms. The molecule has 1 aliphatic carbocycles. The minimum atomic E-state index is 0.757. The minimum Gasteiger partial charge on any atom is -0.385 e. The molecule has 0 radical (unpaired) electrons. The molecule has 2 fully saturated rings. The van der Waals surface area contributed by atoms with Crippen LogP contribution in [-0.2, 0) is 4.74 Å². The lowest BCUT2D eigenvalue weighted by molar-refractivity contribution is 0.0910. The predicted molar refractivity (Wildman–Crippen MR) is 89.7 cm³/mol. The van der Waals surface area contributed by atoms with Gasteiger partial charge in [-0.25, -0.2) is 0 Å². The smallest absolute Gasteiger partial charge is 0.0462 e. The number of rotatable bonds is 8. The lowest BCUT2D eigenvalue weighted by Crippen LogP contribution is -2.58. The Morgan fingerprint density at radius 3 is 2.62 bits per heavy atom. The molecule has 3 heteroatoms. The summed E-state index contributed by atoms with van der Waals surface area (Å²) in [4.78, 5) is 2.78. The van der Waals surface area contributed by atoms with Gasteiger partial charge < -0.3 is 10.1 Å². The van der Waals surface area contributed by atoms with E-state index in [9.17, 15) is 0 Å². The molecule has 1 saturated carbocycles. The van der Waals surface area contributed by atoms with Crippen molar-refractivity contribution < 1.29 is 4.74 Å². The molecule has 1 aliphatic heterocycles. The largest absolute Gasteiger partial charge is 0.385 e. The molecule has 0 aromatic carbocycles. The maximum atomic E-state index is 5.15. The molecule has 21 heavy (non-hydrogen) atoms. The summed E-state index contributed by atoms with van der Waals surface area (Å²) in [6, 6.07) is 1.51. The van der Waals surface area contributed by atoms with Gasteiger partial charge in [-0.2, -0.15) is 0 Å². The van der Waals surface area contributed by atoms with Crippen molar-refractivity contribution in [3.8, 4) is 0 Å². The highest BCUT2D eigenvalue weighted by Gasteiger charge is 2.31. The number of methoxy groups -OCH3 is 1. The Morgan fingerprint density at radius 1 is 1.10 bits per heavy atom. The average molecular weight is 296 g/mol. The van der Waals surface area contributed by atoms with Crippen LogP contribution >= 0.6 is 0 Å². The van der Waals surface area contributed by atoms with Gasteiger partial charge in [0, 0.05) is 38.9 Å². The molecular formula is C18H36N2O. The van der Waals surface area contributed by atoms with Crippen LogP contribution in [-0.4, -0.2) is 50.3 Å². The molecule has 0 aromatic rings. The van der Waals surface area contributed by atoms with Gasteiger partial charge in [0.1, 0.15) is 0 Å². The van der Waals surface area contributed by atoms with Gasteiger partial charge >= 0.3 is 0 Å². The minimum absolute atomic E-state index is 0.757. The fraction of sp³-hybridized carbons (Fsp3) is 1.00. The molecule has 1 N–H and O–H groups in total. The van der Waals surface area contributed by atoms with E-state index in [4.69, 9.17) is 4.74 Å². The van der Waals surface area contributed by atoms with Gasteiger partial charge in [-0.1, -0.05) is 26.2 Å². The fourth-order valence-corrected chi connectivity index (χ4v) is 4.15. The summed E-state index contributed by atoms with van der Waals surface area (Å²) in [7, 11) is 1.80. The molecule has 124 valence electrons. The van der Waals surface area contributed by atoms with Crippen molar-refractivity contribution in [2.24, 2.45) is 5.92 Å². The zero-order chi connectivity index (χ0) is 14.9. The van der Waals surface area contributed by atoms with Gasteiger partial charge in [0.25, 0.3) is 0 Å². The summed E-state index contributed by atoms with van der Waals surface area (Å²) in [6.45, 7) is 7.03. The van der Waals surface area contributed by atoms with Crippen molar-refractivity contribution in [3.63, 3.8) is 0 Å². The third kappa shape index (κ3) is 5.54. The van der Waals surface area contributed by atoms with Gasteiger partial charge in [-0.3, -0.25) is 4.90 Å². The second kappa shape index (κ2) is 9.81. The summed E-state index contributed by atoms with van der Waals surface area (Å²) in [5.41, 5.74) is 0. The summed E-state index contributed by atoms with van der Waals surface area (Å²) in [5, 5.41) is 3.87. The second-order valence-electron chi connectivity index (χ2n) is 7.02. The number of nitrogens with one attached hydrogen (secondary N) is 1. The van der Waals surface area contributed by atoms with Gasteiger partial charge in [-0.15, -0.1) is 0 Å². The Kier molecular flexibility index (Phi) is 8.05. The molecule has 1 saturated heterocycles. The van der Waals surface area contributed by atoms with Crippen LogP contribution in [0.15, 0.2) is 0 Å². The van der Waals surface area contributed by atoms with E-state index >= 15 is 0 Å². The van der Waals surface area contributed by atoms with Crippen molar-refractivity contribution >= 4 is 0 Å². The first-order valence-electron chi connectivity index (χ1n) is 9.31. The summed E-state index contributed by atoms with van der Waals surface area (Å²) < 4.78 is 5.15. The molecular weight excluding hydrogens is 260 g/mol. The zero-order valence-electron chi connectivity index (χ0n) is 14.3. The zero-order valence-corrected chi connectivity index (χ0v) is 14.3. The fourth-order valence-electron chi connectivity index (χ4n) is 4.15. The van der Waals surface area contributed by atoms with Crippen LogP contribution in [0.4, 0.5) is 0 Å². The molecule has 2 rings (SSSR count). The van der Waals surface area contributed by atoms with Crippen molar-refractivity contribution in [2.45, 2.75) is 76.8 Å². The Bertz CT molecular complexity index is 266. The molecule has 2 aliphatic rings. The monoisotopic (exact) mass is 296 g/mol. The van der Waals surface area contributed by atoms with E-state index in [1.807, 2.05) is 0 Å². The first kappa shape index (κ1) is 17.2. The van der Waals surface area contributed by atoms with E-state index < -0.39 is 0 Å². The van der Waals surface area contributed by atoms with E-state index in [2.05, 4.69) is 17.1 Å². The number of hydrogen-bond acceptors (Lipinski definition) is 3. The van der Waals surface area contributed by atoms with Crippen molar-refractivity contribution in [2.75, 3.05) is 33.4 Å². The number of ether oxygens (including phenoxy) is 1. The van der Waals surface area contributed by atoms with Crippen LogP contribution in [0, 0.1) is 5.92 Å². The molecule has 0 bridgehead atoms. The average Bonchev–Trinajstić information content (AvgIpc) is 2.55. The van der Waals surface area contributed by atoms with E-state index in [0.29, 0.717) is 0 Å². The van der Waals surface area contributed by atoms with Crippen LogP contribution in [0.2, 0.25) is 0 Å². The highest BCUT2D eigenvalue weighted by molar-refractivity contribution is 4.90. The summed E-state index contributed by atoms with van der Waals surface area (Å²) >= 11 is 0. The van der Waals surface area contributed by atoms with E-state index in [1.165, 1.54) is 77.4 Å². The highest BCUT2D eigenvalue weighted by Crippen LogP contribution is 2.28. The van der Waals surface area contributed by atoms with Crippen molar-refractivity contribution in [1.29, 1.82) is 0 Å².